The molecule has 0 unspecified atom stereocenters. The number of alkyl carbamates (subject to hydrolysis) is 1. The van der Waals surface area contributed by atoms with E-state index in [4.69, 9.17) is 15.2 Å². The van der Waals surface area contributed by atoms with Crippen molar-refractivity contribution in [2.75, 3.05) is 18.9 Å². The van der Waals surface area contributed by atoms with Crippen molar-refractivity contribution < 1.29 is 29.0 Å². The number of imidazole rings is 1. The molecular weight excluding hydrogens is 430 g/mol. The van der Waals surface area contributed by atoms with Crippen molar-refractivity contribution in [2.45, 2.75) is 52.2 Å². The van der Waals surface area contributed by atoms with Crippen molar-refractivity contribution in [3.63, 3.8) is 0 Å². The maximum atomic E-state index is 11.7. The second kappa shape index (κ2) is 9.33. The molecule has 3 rings (SSSR count). The van der Waals surface area contributed by atoms with Gasteiger partial charge in [0.15, 0.2) is 11.4 Å². The van der Waals surface area contributed by atoms with E-state index in [1.54, 1.807) is 34.6 Å². The SMILES string of the molecule is CC(C)(O)C#Cc1ncc(OCCCNC(=O)OC(C)(C)C)c2[nH]c(-c3nonc3N)[nH+]c12. The predicted octanol–water partition coefficient (Wildman–Crippen LogP) is 1.43. The molecule has 0 aliphatic carbocycles. The number of nitrogens with two attached hydrogens (primary N) is 1. The zero-order valence-electron chi connectivity index (χ0n) is 19.2. The third kappa shape index (κ3) is 6.56. The first kappa shape index (κ1) is 23.8. The van der Waals surface area contributed by atoms with E-state index in [1.807, 2.05) is 0 Å². The summed E-state index contributed by atoms with van der Waals surface area (Å²) < 4.78 is 15.7. The van der Waals surface area contributed by atoms with Crippen molar-refractivity contribution in [1.29, 1.82) is 0 Å². The number of pyridine rings is 1. The monoisotopic (exact) mass is 458 g/mol. The van der Waals surface area contributed by atoms with E-state index in [1.165, 1.54) is 6.20 Å². The van der Waals surface area contributed by atoms with Crippen LogP contribution in [0.25, 0.3) is 22.6 Å². The summed E-state index contributed by atoms with van der Waals surface area (Å²) in [5, 5.41) is 20.0. The Labute approximate surface area is 190 Å². The van der Waals surface area contributed by atoms with Gasteiger partial charge in [-0.25, -0.2) is 24.4 Å². The van der Waals surface area contributed by atoms with Gasteiger partial charge in [0.1, 0.15) is 11.2 Å². The minimum Gasteiger partial charge on any atom is -0.487 e. The van der Waals surface area contributed by atoms with E-state index < -0.39 is 17.3 Å². The number of aromatic nitrogens is 5. The number of H-pyrrole nitrogens is 2. The first-order valence-electron chi connectivity index (χ1n) is 10.3. The second-order valence-corrected chi connectivity index (χ2v) is 8.78. The predicted molar refractivity (Wildman–Crippen MR) is 118 cm³/mol. The molecule has 0 saturated heterocycles. The van der Waals surface area contributed by atoms with Gasteiger partial charge in [0.05, 0.1) is 12.8 Å². The molecule has 0 atom stereocenters. The van der Waals surface area contributed by atoms with Gasteiger partial charge in [-0.1, -0.05) is 5.92 Å². The number of nitrogens with zero attached hydrogens (tertiary/aromatic N) is 3. The number of nitrogens with one attached hydrogen (secondary N) is 3. The number of aliphatic hydroxyl groups is 1. The third-order valence-electron chi connectivity index (χ3n) is 4.03. The van der Waals surface area contributed by atoms with Gasteiger partial charge in [-0.05, 0) is 57.3 Å². The van der Waals surface area contributed by atoms with Crippen LogP contribution in [0.4, 0.5) is 10.6 Å². The Bertz CT molecular complexity index is 1190. The Morgan fingerprint density at radius 2 is 2.09 bits per heavy atom. The minimum atomic E-state index is -1.19. The Morgan fingerprint density at radius 1 is 1.33 bits per heavy atom. The normalized spacial score (nSPS) is 11.7. The smallest absolute Gasteiger partial charge is 0.407 e. The fraction of sp³-hybridized carbons (Fsp3) is 0.476. The molecule has 1 amide bonds. The van der Waals surface area contributed by atoms with Crippen LogP contribution in [-0.4, -0.2) is 55.8 Å². The van der Waals surface area contributed by atoms with Gasteiger partial charge in [-0.2, -0.15) is 0 Å². The Morgan fingerprint density at radius 3 is 2.73 bits per heavy atom. The average Bonchev–Trinajstić information content (AvgIpc) is 3.30. The standard InChI is InChI=1S/C21H27N7O5/c1-20(2,3)32-19(29)23-9-6-10-31-13-11-24-12(7-8-21(4,5)30)14-15(13)26-18(25-14)16-17(22)28-33-27-16/h11,30H,6,9-10H2,1-5H3,(H2,22,28)(H,23,29)(H,25,26)/p+1. The molecule has 0 spiro atoms. The molecule has 176 valence electrons. The molecule has 33 heavy (non-hydrogen) atoms. The number of amides is 1. The van der Waals surface area contributed by atoms with E-state index in [9.17, 15) is 9.90 Å². The highest BCUT2D eigenvalue weighted by molar-refractivity contribution is 5.84. The van der Waals surface area contributed by atoms with E-state index in [-0.39, 0.29) is 5.82 Å². The van der Waals surface area contributed by atoms with Crippen LogP contribution >= 0.6 is 0 Å². The molecule has 12 heteroatoms. The molecule has 0 aliphatic heterocycles. The Hall–Kier alpha value is -3.85. The minimum absolute atomic E-state index is 0.102. The number of hydrogen-bond donors (Lipinski definition) is 4. The molecule has 0 saturated carbocycles. The van der Waals surface area contributed by atoms with Gasteiger partial charge >= 0.3 is 11.9 Å². The molecule has 12 nitrogen and oxygen atoms in total. The summed E-state index contributed by atoms with van der Waals surface area (Å²) in [6.45, 7) is 9.24. The number of ether oxygens (including phenoxy) is 2. The number of fused-ring (bicyclic) bond motifs is 1. The first-order chi connectivity index (χ1) is 15.4. The molecule has 0 aromatic carbocycles. The summed E-state index contributed by atoms with van der Waals surface area (Å²) >= 11 is 0. The molecule has 0 radical (unpaired) electrons. The van der Waals surface area contributed by atoms with Crippen LogP contribution < -0.4 is 20.8 Å². The van der Waals surface area contributed by atoms with Crippen LogP contribution in [0.5, 0.6) is 5.75 Å². The quantitative estimate of drug-likeness (QED) is 0.314. The summed E-state index contributed by atoms with van der Waals surface area (Å²) in [6.07, 6.45) is 1.58. The van der Waals surface area contributed by atoms with Gasteiger partial charge < -0.3 is 25.6 Å². The molecule has 6 N–H and O–H groups in total. The van der Waals surface area contributed by atoms with E-state index in [0.717, 1.165) is 0 Å². The lowest BCUT2D eigenvalue weighted by atomic mass is 10.1. The Balaban J connectivity index is 1.78. The Kier molecular flexibility index (Phi) is 6.73. The van der Waals surface area contributed by atoms with Crippen molar-refractivity contribution >= 4 is 22.9 Å². The summed E-state index contributed by atoms with van der Waals surface area (Å²) in [5.41, 5.74) is 5.85. The van der Waals surface area contributed by atoms with E-state index >= 15 is 0 Å². The highest BCUT2D eigenvalue weighted by Gasteiger charge is 2.25. The number of rotatable bonds is 6. The molecule has 0 bridgehead atoms. The highest BCUT2D eigenvalue weighted by Crippen LogP contribution is 2.26. The summed E-state index contributed by atoms with van der Waals surface area (Å²) in [5.74, 6) is 6.59. The van der Waals surface area contributed by atoms with E-state index in [2.05, 4.69) is 47.1 Å². The zero-order chi connectivity index (χ0) is 24.2. The lowest BCUT2D eigenvalue weighted by Gasteiger charge is -2.19. The second-order valence-electron chi connectivity index (χ2n) is 8.78. The third-order valence-corrected chi connectivity index (χ3v) is 4.03. The van der Waals surface area contributed by atoms with Crippen molar-refractivity contribution in [2.24, 2.45) is 0 Å². The molecule has 0 aliphatic rings. The largest absolute Gasteiger partial charge is 0.487 e. The maximum Gasteiger partial charge on any atom is 0.407 e. The number of aromatic amines is 2. The van der Waals surface area contributed by atoms with Crippen LogP contribution in [-0.2, 0) is 4.74 Å². The molecule has 3 heterocycles. The molecular formula is C21H28N7O5+. The average molecular weight is 458 g/mol. The molecule has 0 fully saturated rings. The van der Waals surface area contributed by atoms with Gasteiger partial charge in [-0.15, -0.1) is 0 Å². The zero-order valence-corrected chi connectivity index (χ0v) is 19.2. The van der Waals surface area contributed by atoms with Crippen LogP contribution in [0, 0.1) is 11.8 Å². The van der Waals surface area contributed by atoms with Gasteiger partial charge in [0.25, 0.3) is 0 Å². The summed E-state index contributed by atoms with van der Waals surface area (Å²) in [6, 6.07) is 0. The topological polar surface area (TPSA) is 176 Å². The van der Waals surface area contributed by atoms with Crippen molar-refractivity contribution in [3.8, 4) is 29.1 Å². The number of anilines is 1. The van der Waals surface area contributed by atoms with Gasteiger partial charge in [0.2, 0.25) is 22.5 Å². The number of carbonyl (C=O) groups excluding carboxylic acids is 1. The highest BCUT2D eigenvalue weighted by atomic mass is 16.6. The van der Waals surface area contributed by atoms with Crippen LogP contribution in [0.15, 0.2) is 10.8 Å². The van der Waals surface area contributed by atoms with Crippen molar-refractivity contribution in [3.05, 3.63) is 11.9 Å². The summed E-state index contributed by atoms with van der Waals surface area (Å²) in [7, 11) is 0. The van der Waals surface area contributed by atoms with Gasteiger partial charge in [-0.3, -0.25) is 0 Å². The van der Waals surface area contributed by atoms with Crippen molar-refractivity contribution in [1.82, 2.24) is 25.6 Å². The molecule has 3 aromatic rings. The van der Waals surface area contributed by atoms with Crippen LogP contribution in [0.3, 0.4) is 0 Å². The number of carbonyl (C=O) groups is 1. The van der Waals surface area contributed by atoms with E-state index in [0.29, 0.717) is 53.6 Å². The molecule has 3 aromatic heterocycles. The van der Waals surface area contributed by atoms with Crippen LogP contribution in [0.2, 0.25) is 0 Å². The van der Waals surface area contributed by atoms with Crippen LogP contribution in [0.1, 0.15) is 46.7 Å². The maximum absolute atomic E-state index is 11.7. The summed E-state index contributed by atoms with van der Waals surface area (Å²) in [4.78, 5) is 22.3. The number of hydrogen-bond acceptors (Lipinski definition) is 9. The fourth-order valence-electron chi connectivity index (χ4n) is 2.68. The van der Waals surface area contributed by atoms with Gasteiger partial charge in [0, 0.05) is 6.54 Å². The fourth-order valence-corrected chi connectivity index (χ4v) is 2.68. The number of nitrogen functional groups attached to an aromatic ring is 1. The lowest BCUT2D eigenvalue weighted by molar-refractivity contribution is -0.331. The first-order valence-corrected chi connectivity index (χ1v) is 10.3. The lowest BCUT2D eigenvalue weighted by Crippen LogP contribution is -2.33.